The Hall–Kier alpha value is -5.72. The molecule has 4 rings (SSSR count). The number of esters is 2. The summed E-state index contributed by atoms with van der Waals surface area (Å²) < 4.78 is 23.1. The first-order valence-corrected chi connectivity index (χ1v) is 20.5. The molecule has 0 spiro atoms. The average Bonchev–Trinajstić information content (AvgIpc) is 3.17. The van der Waals surface area contributed by atoms with Gasteiger partial charge in [0.15, 0.2) is 0 Å². The fraction of sp³-hybridized carbons (Fsp3) is 0.417. The molecule has 0 aliphatic carbocycles. The van der Waals surface area contributed by atoms with Crippen LogP contribution < -0.4 is 22.1 Å². The molecule has 6 N–H and O–H groups in total. The minimum absolute atomic E-state index is 0.0526. The number of hydrogen-bond acceptors (Lipinski definition) is 10. The van der Waals surface area contributed by atoms with Crippen molar-refractivity contribution in [3.05, 3.63) is 144 Å². The molecular weight excluding hydrogens is 761 g/mol. The number of carbonyl (C=O) groups is 4. The Bertz CT molecular complexity index is 1780. The first-order valence-electron chi connectivity index (χ1n) is 20.5. The quantitative estimate of drug-likeness (QED) is 0.0464. The van der Waals surface area contributed by atoms with Gasteiger partial charge in [0.05, 0.1) is 0 Å². The topological polar surface area (TPSA) is 181 Å². The maximum absolute atomic E-state index is 13.9. The Balaban J connectivity index is 1.61. The van der Waals surface area contributed by atoms with Gasteiger partial charge in [-0.1, -0.05) is 121 Å². The molecule has 0 aromatic heterocycles. The largest absolute Gasteiger partial charge is 0.452 e. The van der Waals surface area contributed by atoms with Crippen LogP contribution in [0.4, 0.5) is 9.59 Å². The van der Waals surface area contributed by atoms with E-state index in [0.29, 0.717) is 25.7 Å². The number of nitrogens with one attached hydrogen (secondary N) is 2. The lowest BCUT2D eigenvalue weighted by molar-refractivity contribution is -0.176. The molecule has 0 saturated heterocycles. The lowest BCUT2D eigenvalue weighted by Crippen LogP contribution is -2.49. The molecule has 322 valence electrons. The number of amides is 2. The van der Waals surface area contributed by atoms with E-state index in [2.05, 4.69) is 10.6 Å². The van der Waals surface area contributed by atoms with E-state index in [9.17, 15) is 19.2 Å². The van der Waals surface area contributed by atoms with Crippen LogP contribution in [0.25, 0.3) is 0 Å². The van der Waals surface area contributed by atoms with E-state index in [1.807, 2.05) is 121 Å². The lowest BCUT2D eigenvalue weighted by Gasteiger charge is -2.31. The fourth-order valence-corrected chi connectivity index (χ4v) is 6.72. The molecule has 12 heteroatoms. The third kappa shape index (κ3) is 17.6. The van der Waals surface area contributed by atoms with Crippen LogP contribution in [0.3, 0.4) is 0 Å². The molecule has 12 nitrogen and oxygen atoms in total. The van der Waals surface area contributed by atoms with Gasteiger partial charge >= 0.3 is 24.1 Å². The summed E-state index contributed by atoms with van der Waals surface area (Å²) in [6.45, 7) is 10.6. The second-order valence-corrected chi connectivity index (χ2v) is 17.1. The van der Waals surface area contributed by atoms with Gasteiger partial charge in [-0.15, -0.1) is 0 Å². The molecule has 0 saturated carbocycles. The normalized spacial score (nSPS) is 14.6. The zero-order valence-electron chi connectivity index (χ0n) is 35.7. The fourth-order valence-electron chi connectivity index (χ4n) is 6.72. The van der Waals surface area contributed by atoms with Crippen LogP contribution in [0, 0.1) is 0 Å². The molecular formula is C48H62N4O8. The number of nitrogens with two attached hydrogens (primary N) is 2. The van der Waals surface area contributed by atoms with Gasteiger partial charge in [-0.05, 0) is 89.5 Å². The van der Waals surface area contributed by atoms with E-state index in [-0.39, 0.29) is 12.8 Å². The molecule has 0 bridgehead atoms. The summed E-state index contributed by atoms with van der Waals surface area (Å²) in [4.78, 5) is 54.0. The van der Waals surface area contributed by atoms with Crippen molar-refractivity contribution in [3.8, 4) is 0 Å². The van der Waals surface area contributed by atoms with E-state index >= 15 is 0 Å². The molecule has 4 aromatic carbocycles. The van der Waals surface area contributed by atoms with Crippen molar-refractivity contribution in [1.29, 1.82) is 0 Å². The van der Waals surface area contributed by atoms with Crippen molar-refractivity contribution in [3.63, 3.8) is 0 Å². The molecule has 6 unspecified atom stereocenters. The van der Waals surface area contributed by atoms with E-state index in [1.165, 1.54) is 0 Å². The van der Waals surface area contributed by atoms with Gasteiger partial charge in [0.1, 0.15) is 23.4 Å². The minimum Gasteiger partial charge on any atom is -0.452 e. The molecule has 4 aromatic rings. The summed E-state index contributed by atoms with van der Waals surface area (Å²) in [5, 5.41) is 5.86. The molecule has 0 aliphatic heterocycles. The second kappa shape index (κ2) is 22.6. The molecule has 0 heterocycles. The lowest BCUT2D eigenvalue weighted by atomic mass is 9.94. The molecule has 6 atom stereocenters. The number of alkyl carbamates (subject to hydrolysis) is 2. The van der Waals surface area contributed by atoms with Crippen LogP contribution in [0.5, 0.6) is 0 Å². The highest BCUT2D eigenvalue weighted by atomic mass is 16.6. The standard InChI is InChI=1S/C48H62N4O8/c1-47(2,3)59-45(55)51-37(27-33-19-11-7-12-20-33)31-41(39(49)29-35-23-15-9-16-24-35)57-43(53)44(54)58-42(40(50)30-36-25-17-10-18-26-36)32-38(28-34-21-13-8-14-22-34)52-46(56)60-48(4,5)6/h7-26,37-42H,27-32,49-50H2,1-6H3,(H,51,55)(H,52,56). The van der Waals surface area contributed by atoms with Crippen molar-refractivity contribution in [2.75, 3.05) is 0 Å². The van der Waals surface area contributed by atoms with Gasteiger partial charge in [-0.2, -0.15) is 0 Å². The van der Waals surface area contributed by atoms with E-state index < -0.39 is 71.7 Å². The summed E-state index contributed by atoms with van der Waals surface area (Å²) in [7, 11) is 0. The zero-order valence-corrected chi connectivity index (χ0v) is 35.7. The predicted octanol–water partition coefficient (Wildman–Crippen LogP) is 7.00. The SMILES string of the molecule is CC(C)(C)OC(=O)NC(Cc1ccccc1)CC(OC(=O)C(=O)OC(CC(Cc1ccccc1)NC(=O)OC(C)(C)C)C(N)Cc1ccccc1)C(N)Cc1ccccc1. The van der Waals surface area contributed by atoms with Crippen LogP contribution in [-0.2, 0) is 54.2 Å². The summed E-state index contributed by atoms with van der Waals surface area (Å²) in [6.07, 6.45) is -1.96. The molecule has 2 amide bonds. The minimum atomic E-state index is -1.27. The maximum atomic E-state index is 13.9. The van der Waals surface area contributed by atoms with Crippen LogP contribution in [0.15, 0.2) is 121 Å². The van der Waals surface area contributed by atoms with Crippen molar-refractivity contribution in [2.45, 2.75) is 128 Å². The summed E-state index contributed by atoms with van der Waals surface area (Å²) in [5.41, 5.74) is 15.7. The van der Waals surface area contributed by atoms with Crippen LogP contribution >= 0.6 is 0 Å². The third-order valence-electron chi connectivity index (χ3n) is 9.39. The second-order valence-electron chi connectivity index (χ2n) is 17.1. The summed E-state index contributed by atoms with van der Waals surface area (Å²) in [5.74, 6) is -2.54. The van der Waals surface area contributed by atoms with Crippen LogP contribution in [0.1, 0.15) is 76.6 Å². The van der Waals surface area contributed by atoms with Gasteiger partial charge in [0.25, 0.3) is 0 Å². The highest BCUT2D eigenvalue weighted by Crippen LogP contribution is 2.20. The Labute approximate surface area is 354 Å². The van der Waals surface area contributed by atoms with E-state index in [1.54, 1.807) is 41.5 Å². The van der Waals surface area contributed by atoms with Crippen molar-refractivity contribution in [1.82, 2.24) is 10.6 Å². The Morgan fingerprint density at radius 2 is 0.733 bits per heavy atom. The highest BCUT2D eigenvalue weighted by Gasteiger charge is 2.35. The first kappa shape index (κ1) is 47.0. The van der Waals surface area contributed by atoms with E-state index in [0.717, 1.165) is 22.3 Å². The first-order chi connectivity index (χ1) is 28.4. The molecule has 60 heavy (non-hydrogen) atoms. The molecule has 0 aliphatic rings. The number of ether oxygens (including phenoxy) is 4. The maximum Gasteiger partial charge on any atom is 0.417 e. The van der Waals surface area contributed by atoms with Gasteiger partial charge in [0.2, 0.25) is 0 Å². The number of carbonyl (C=O) groups excluding carboxylic acids is 4. The predicted molar refractivity (Wildman–Crippen MR) is 232 cm³/mol. The van der Waals surface area contributed by atoms with Gasteiger partial charge in [-0.3, -0.25) is 0 Å². The highest BCUT2D eigenvalue weighted by molar-refractivity contribution is 6.29. The van der Waals surface area contributed by atoms with E-state index in [4.69, 9.17) is 30.4 Å². The molecule has 0 fully saturated rings. The Morgan fingerprint density at radius 1 is 0.467 bits per heavy atom. The molecule has 0 radical (unpaired) electrons. The van der Waals surface area contributed by atoms with Gasteiger partial charge in [-0.25, -0.2) is 19.2 Å². The summed E-state index contributed by atoms with van der Waals surface area (Å²) in [6, 6.07) is 35.2. The Kier molecular flexibility index (Phi) is 17.7. The monoisotopic (exact) mass is 822 g/mol. The van der Waals surface area contributed by atoms with Crippen molar-refractivity contribution >= 4 is 24.1 Å². The smallest absolute Gasteiger partial charge is 0.417 e. The number of benzene rings is 4. The van der Waals surface area contributed by atoms with Gasteiger partial charge in [0, 0.05) is 37.0 Å². The Morgan fingerprint density at radius 3 is 1.00 bits per heavy atom. The van der Waals surface area contributed by atoms with Gasteiger partial charge < -0.3 is 41.0 Å². The number of hydrogen-bond donors (Lipinski definition) is 4. The third-order valence-corrected chi connectivity index (χ3v) is 9.39. The average molecular weight is 823 g/mol. The van der Waals surface area contributed by atoms with Crippen LogP contribution in [0.2, 0.25) is 0 Å². The van der Waals surface area contributed by atoms with Crippen molar-refractivity contribution < 1.29 is 38.1 Å². The number of rotatable bonds is 18. The summed E-state index contributed by atoms with van der Waals surface area (Å²) >= 11 is 0. The van der Waals surface area contributed by atoms with Crippen molar-refractivity contribution in [2.24, 2.45) is 11.5 Å². The van der Waals surface area contributed by atoms with Crippen LogP contribution in [-0.4, -0.2) is 71.7 Å². The zero-order chi connectivity index (χ0) is 43.7.